The van der Waals surface area contributed by atoms with E-state index in [0.717, 1.165) is 0 Å². The number of nitrogens with one attached hydrogen (secondary N) is 1. The summed E-state index contributed by atoms with van der Waals surface area (Å²) in [6.45, 7) is 2.25. The van der Waals surface area contributed by atoms with Crippen LogP contribution in [0.1, 0.15) is 20.7 Å². The molecule has 0 radical (unpaired) electrons. The maximum Gasteiger partial charge on any atom is 0.339 e. The van der Waals surface area contributed by atoms with Gasteiger partial charge < -0.3 is 20.1 Å². The van der Waals surface area contributed by atoms with Gasteiger partial charge >= 0.3 is 5.97 Å². The molecule has 0 unspecified atom stereocenters. The number of rotatable bonds is 4. The molecule has 2 N–H and O–H groups in total. The molecule has 2 aromatic rings. The number of aromatic carboxylic acids is 1. The number of carbonyl (C=O) groups is 2. The monoisotopic (exact) mass is 361 g/mol. The highest BCUT2D eigenvalue weighted by atomic mass is 35.5. The first-order chi connectivity index (χ1) is 12.0. The number of carboxylic acids is 1. The number of carbonyl (C=O) groups excluding carboxylic acids is 1. The number of amides is 1. The first kappa shape index (κ1) is 17.2. The third-order valence-corrected chi connectivity index (χ3v) is 4.02. The molecule has 1 aromatic carbocycles. The van der Waals surface area contributed by atoms with Crippen LogP contribution in [0.15, 0.2) is 36.5 Å². The number of halogens is 1. The second-order valence-electron chi connectivity index (χ2n) is 5.46. The Morgan fingerprint density at radius 1 is 1.20 bits per heavy atom. The number of ether oxygens (including phenoxy) is 1. The Bertz CT molecular complexity index is 789. The number of carboxylic acid groups (broad SMARTS) is 1. The zero-order chi connectivity index (χ0) is 17.8. The van der Waals surface area contributed by atoms with E-state index in [1.54, 1.807) is 29.2 Å². The van der Waals surface area contributed by atoms with E-state index in [4.69, 9.17) is 16.3 Å². The van der Waals surface area contributed by atoms with E-state index in [1.165, 1.54) is 12.3 Å². The second-order valence-corrected chi connectivity index (χ2v) is 5.85. The van der Waals surface area contributed by atoms with Gasteiger partial charge in [-0.25, -0.2) is 9.78 Å². The number of morpholine rings is 1. The number of benzene rings is 1. The summed E-state index contributed by atoms with van der Waals surface area (Å²) in [7, 11) is 0. The first-order valence-corrected chi connectivity index (χ1v) is 8.05. The maximum absolute atomic E-state index is 12.4. The lowest BCUT2D eigenvalue weighted by atomic mass is 10.1. The van der Waals surface area contributed by atoms with Crippen molar-refractivity contribution in [3.05, 3.63) is 52.8 Å². The predicted octanol–water partition coefficient (Wildman–Crippen LogP) is 2.65. The molecule has 0 saturated carbocycles. The van der Waals surface area contributed by atoms with Gasteiger partial charge in [0.15, 0.2) is 0 Å². The molecular formula is C17H16ClN3O4. The minimum Gasteiger partial charge on any atom is -0.478 e. The fourth-order valence-corrected chi connectivity index (χ4v) is 2.66. The zero-order valence-corrected chi connectivity index (χ0v) is 14.0. The van der Waals surface area contributed by atoms with Gasteiger partial charge in [-0.05, 0) is 30.3 Å². The van der Waals surface area contributed by atoms with Crippen molar-refractivity contribution in [2.24, 2.45) is 0 Å². The van der Waals surface area contributed by atoms with E-state index in [0.29, 0.717) is 43.2 Å². The molecule has 25 heavy (non-hydrogen) atoms. The topological polar surface area (TPSA) is 91.8 Å². The molecular weight excluding hydrogens is 346 g/mol. The van der Waals surface area contributed by atoms with Crippen LogP contribution in [0.2, 0.25) is 5.15 Å². The van der Waals surface area contributed by atoms with Gasteiger partial charge in [-0.1, -0.05) is 11.6 Å². The normalized spacial score (nSPS) is 14.2. The van der Waals surface area contributed by atoms with Crippen molar-refractivity contribution in [2.45, 2.75) is 0 Å². The lowest BCUT2D eigenvalue weighted by Gasteiger charge is -2.26. The Hall–Kier alpha value is -2.64. The third kappa shape index (κ3) is 4.07. The molecule has 1 aliphatic rings. The number of nitrogens with zero attached hydrogens (tertiary/aromatic N) is 2. The average Bonchev–Trinajstić information content (AvgIpc) is 2.62. The lowest BCUT2D eigenvalue weighted by Crippen LogP contribution is -2.40. The molecule has 1 fully saturated rings. The summed E-state index contributed by atoms with van der Waals surface area (Å²) in [5.41, 5.74) is 1.56. The van der Waals surface area contributed by atoms with E-state index in [-0.39, 0.29) is 16.6 Å². The Morgan fingerprint density at radius 2 is 1.88 bits per heavy atom. The molecule has 1 aromatic heterocycles. The molecule has 0 atom stereocenters. The second kappa shape index (κ2) is 7.50. The average molecular weight is 362 g/mol. The van der Waals surface area contributed by atoms with Gasteiger partial charge in [0.2, 0.25) is 0 Å². The molecule has 1 aliphatic heterocycles. The van der Waals surface area contributed by atoms with E-state index >= 15 is 0 Å². The summed E-state index contributed by atoms with van der Waals surface area (Å²) >= 11 is 5.84. The smallest absolute Gasteiger partial charge is 0.339 e. The highest BCUT2D eigenvalue weighted by Crippen LogP contribution is 2.24. The first-order valence-electron chi connectivity index (χ1n) is 7.67. The largest absolute Gasteiger partial charge is 0.478 e. The third-order valence-electron chi connectivity index (χ3n) is 3.81. The van der Waals surface area contributed by atoms with Crippen molar-refractivity contribution >= 4 is 34.9 Å². The van der Waals surface area contributed by atoms with Gasteiger partial charge in [-0.15, -0.1) is 0 Å². The fraction of sp³-hybridized carbons (Fsp3) is 0.235. The van der Waals surface area contributed by atoms with Crippen molar-refractivity contribution in [3.63, 3.8) is 0 Å². The van der Waals surface area contributed by atoms with Gasteiger partial charge in [0, 0.05) is 30.5 Å². The van der Waals surface area contributed by atoms with E-state index in [9.17, 15) is 14.7 Å². The Kier molecular flexibility index (Phi) is 5.16. The summed E-state index contributed by atoms with van der Waals surface area (Å²) in [6.07, 6.45) is 1.20. The van der Waals surface area contributed by atoms with Gasteiger partial charge in [0.1, 0.15) is 10.7 Å². The Labute approximate surface area is 149 Å². The SMILES string of the molecule is O=C(O)c1cnc(Cl)cc1Nc1ccc(C(=O)N2CCOCC2)cc1. The summed E-state index contributed by atoms with van der Waals surface area (Å²) in [5.74, 6) is -1.15. The quantitative estimate of drug-likeness (QED) is 0.813. The van der Waals surface area contributed by atoms with Gasteiger partial charge in [0.25, 0.3) is 5.91 Å². The summed E-state index contributed by atoms with van der Waals surface area (Å²) in [5, 5.41) is 12.4. The molecule has 1 saturated heterocycles. The maximum atomic E-state index is 12.4. The summed E-state index contributed by atoms with van der Waals surface area (Å²) < 4.78 is 5.24. The number of hydrogen-bond donors (Lipinski definition) is 2. The van der Waals surface area contributed by atoms with Crippen LogP contribution in [-0.4, -0.2) is 53.2 Å². The fourth-order valence-electron chi connectivity index (χ4n) is 2.50. The van der Waals surface area contributed by atoms with E-state index < -0.39 is 5.97 Å². The predicted molar refractivity (Wildman–Crippen MR) is 92.7 cm³/mol. The minimum atomic E-state index is -1.11. The highest BCUT2D eigenvalue weighted by molar-refractivity contribution is 6.29. The molecule has 2 heterocycles. The molecule has 1 amide bonds. The highest BCUT2D eigenvalue weighted by Gasteiger charge is 2.18. The van der Waals surface area contributed by atoms with E-state index in [2.05, 4.69) is 10.3 Å². The van der Waals surface area contributed by atoms with Crippen LogP contribution in [0.25, 0.3) is 0 Å². The zero-order valence-electron chi connectivity index (χ0n) is 13.2. The van der Waals surface area contributed by atoms with Crippen molar-refractivity contribution in [2.75, 3.05) is 31.6 Å². The molecule has 0 spiro atoms. The van der Waals surface area contributed by atoms with Crippen molar-refractivity contribution in [1.29, 1.82) is 0 Å². The standard InChI is InChI=1S/C17H16ClN3O4/c18-15-9-14(13(10-19-15)17(23)24)20-12-3-1-11(2-4-12)16(22)21-5-7-25-8-6-21/h1-4,9-10H,5-8H2,(H,19,20)(H,23,24). The van der Waals surface area contributed by atoms with Crippen LogP contribution in [0, 0.1) is 0 Å². The van der Waals surface area contributed by atoms with Crippen LogP contribution in [0.3, 0.4) is 0 Å². The van der Waals surface area contributed by atoms with Crippen molar-refractivity contribution in [1.82, 2.24) is 9.88 Å². The summed E-state index contributed by atoms with van der Waals surface area (Å²) in [6, 6.07) is 8.27. The molecule has 7 nitrogen and oxygen atoms in total. The number of hydrogen-bond acceptors (Lipinski definition) is 5. The van der Waals surface area contributed by atoms with Crippen molar-refractivity contribution < 1.29 is 19.4 Å². The molecule has 8 heteroatoms. The van der Waals surface area contributed by atoms with Crippen LogP contribution in [-0.2, 0) is 4.74 Å². The number of pyridine rings is 1. The van der Waals surface area contributed by atoms with Gasteiger partial charge in [0.05, 0.1) is 18.9 Å². The van der Waals surface area contributed by atoms with Crippen LogP contribution in [0.5, 0.6) is 0 Å². The Morgan fingerprint density at radius 3 is 2.52 bits per heavy atom. The van der Waals surface area contributed by atoms with Crippen LogP contribution in [0.4, 0.5) is 11.4 Å². The lowest BCUT2D eigenvalue weighted by molar-refractivity contribution is 0.0303. The number of aromatic nitrogens is 1. The van der Waals surface area contributed by atoms with E-state index in [1.807, 2.05) is 0 Å². The number of anilines is 2. The molecule has 130 valence electrons. The minimum absolute atomic E-state index is 0.0119. The molecule has 0 aliphatic carbocycles. The van der Waals surface area contributed by atoms with Crippen LogP contribution < -0.4 is 5.32 Å². The molecule has 3 rings (SSSR count). The molecule has 0 bridgehead atoms. The summed E-state index contributed by atoms with van der Waals surface area (Å²) in [4.78, 5) is 29.2. The van der Waals surface area contributed by atoms with Crippen molar-refractivity contribution in [3.8, 4) is 0 Å². The van der Waals surface area contributed by atoms with Gasteiger partial charge in [-0.3, -0.25) is 4.79 Å². The van der Waals surface area contributed by atoms with Gasteiger partial charge in [-0.2, -0.15) is 0 Å². The van der Waals surface area contributed by atoms with Crippen LogP contribution >= 0.6 is 11.6 Å². The Balaban J connectivity index is 1.76.